The lowest BCUT2D eigenvalue weighted by molar-refractivity contribution is -0.641. The third-order valence-electron chi connectivity index (χ3n) is 4.53. The van der Waals surface area contributed by atoms with Gasteiger partial charge in [0.05, 0.1) is 10.8 Å². The first-order valence-corrected chi connectivity index (χ1v) is 8.45. The molecule has 4 aromatic rings. The van der Waals surface area contributed by atoms with E-state index in [0.717, 1.165) is 6.54 Å². The van der Waals surface area contributed by atoms with E-state index in [-0.39, 0.29) is 0 Å². The lowest BCUT2D eigenvalue weighted by atomic mass is 10.0. The van der Waals surface area contributed by atoms with Crippen molar-refractivity contribution in [2.75, 3.05) is 0 Å². The zero-order chi connectivity index (χ0) is 16.4. The molecule has 0 saturated carbocycles. The van der Waals surface area contributed by atoms with E-state index in [0.29, 0.717) is 0 Å². The number of nitrogens with zero attached hydrogens (tertiary/aromatic N) is 1. The van der Waals surface area contributed by atoms with E-state index in [1.165, 1.54) is 32.9 Å². The molecule has 0 bridgehead atoms. The molecule has 0 radical (unpaired) electrons. The molecule has 1 heteroatoms. The largest absolute Gasteiger partial charge is 0.213 e. The van der Waals surface area contributed by atoms with E-state index >= 15 is 0 Å². The second kappa shape index (κ2) is 6.29. The van der Waals surface area contributed by atoms with Crippen LogP contribution in [0.25, 0.3) is 34.0 Å². The maximum Gasteiger partial charge on any atom is 0.213 e. The van der Waals surface area contributed by atoms with Crippen LogP contribution in [0.1, 0.15) is 18.1 Å². The van der Waals surface area contributed by atoms with Crippen molar-refractivity contribution in [3.05, 3.63) is 90.0 Å². The SMILES string of the molecule is CC[n+]1c2ccccc2c(C=Cc2ccccc2)c2ccccc21. The summed E-state index contributed by atoms with van der Waals surface area (Å²) >= 11 is 0. The van der Waals surface area contributed by atoms with Gasteiger partial charge in [0.15, 0.2) is 0 Å². The highest BCUT2D eigenvalue weighted by Gasteiger charge is 2.16. The van der Waals surface area contributed by atoms with E-state index in [1.54, 1.807) is 0 Å². The highest BCUT2D eigenvalue weighted by molar-refractivity contribution is 6.01. The Balaban J connectivity index is 2.04. The van der Waals surface area contributed by atoms with E-state index < -0.39 is 0 Å². The predicted octanol–water partition coefficient (Wildman–Crippen LogP) is 5.47. The fourth-order valence-corrected chi connectivity index (χ4v) is 3.41. The summed E-state index contributed by atoms with van der Waals surface area (Å²) in [5.74, 6) is 0. The summed E-state index contributed by atoms with van der Waals surface area (Å²) < 4.78 is 2.39. The molecule has 0 aliphatic carbocycles. The molecular formula is C23H20N+. The summed E-state index contributed by atoms with van der Waals surface area (Å²) in [6, 6.07) is 27.8. The maximum atomic E-state index is 2.39. The van der Waals surface area contributed by atoms with Crippen molar-refractivity contribution in [1.29, 1.82) is 0 Å². The Bertz CT molecular complexity index is 973. The van der Waals surface area contributed by atoms with Crippen LogP contribution < -0.4 is 4.57 Å². The van der Waals surface area contributed by atoms with Crippen LogP contribution in [0.4, 0.5) is 0 Å². The number of aromatic nitrogens is 1. The van der Waals surface area contributed by atoms with Gasteiger partial charge in [-0.25, -0.2) is 0 Å². The average Bonchev–Trinajstić information content (AvgIpc) is 2.66. The monoisotopic (exact) mass is 310 g/mol. The Hall–Kier alpha value is -2.93. The van der Waals surface area contributed by atoms with E-state index in [1.807, 2.05) is 0 Å². The van der Waals surface area contributed by atoms with Gasteiger partial charge in [-0.3, -0.25) is 0 Å². The van der Waals surface area contributed by atoms with Gasteiger partial charge in [-0.2, -0.15) is 4.57 Å². The van der Waals surface area contributed by atoms with Crippen LogP contribution in [0.5, 0.6) is 0 Å². The Kier molecular flexibility index (Phi) is 3.84. The fourth-order valence-electron chi connectivity index (χ4n) is 3.41. The number of pyridine rings is 1. The number of fused-ring (bicyclic) bond motifs is 2. The summed E-state index contributed by atoms with van der Waals surface area (Å²) in [7, 11) is 0. The van der Waals surface area contributed by atoms with Gasteiger partial charge < -0.3 is 0 Å². The predicted molar refractivity (Wildman–Crippen MR) is 103 cm³/mol. The van der Waals surface area contributed by atoms with E-state index in [9.17, 15) is 0 Å². The van der Waals surface area contributed by atoms with Gasteiger partial charge >= 0.3 is 0 Å². The lowest BCUT2D eigenvalue weighted by Crippen LogP contribution is -2.34. The van der Waals surface area contributed by atoms with Crippen molar-refractivity contribution in [3.63, 3.8) is 0 Å². The molecule has 0 saturated heterocycles. The van der Waals surface area contributed by atoms with Gasteiger partial charge in [0, 0.05) is 17.7 Å². The molecule has 1 aromatic heterocycles. The Morgan fingerprint density at radius 1 is 0.667 bits per heavy atom. The Morgan fingerprint density at radius 2 is 1.21 bits per heavy atom. The van der Waals surface area contributed by atoms with Crippen LogP contribution in [0.3, 0.4) is 0 Å². The van der Waals surface area contributed by atoms with Crippen LogP contribution in [-0.4, -0.2) is 0 Å². The molecule has 4 rings (SSSR count). The number of rotatable bonds is 3. The van der Waals surface area contributed by atoms with E-state index in [2.05, 4.69) is 103 Å². The highest BCUT2D eigenvalue weighted by atomic mass is 15.0. The standard InChI is InChI=1S/C23H20N/c1-2-24-22-14-8-6-12-20(22)19(21-13-7-9-15-23(21)24)17-16-18-10-4-3-5-11-18/h3-17H,2H2,1H3/q+1. The van der Waals surface area contributed by atoms with Crippen molar-refractivity contribution >= 4 is 34.0 Å². The summed E-state index contributed by atoms with van der Waals surface area (Å²) in [5, 5.41) is 2.59. The second-order valence-electron chi connectivity index (χ2n) is 5.94. The topological polar surface area (TPSA) is 3.88 Å². The third kappa shape index (κ3) is 2.48. The normalized spacial score (nSPS) is 11.5. The molecule has 116 valence electrons. The summed E-state index contributed by atoms with van der Waals surface area (Å²) in [5.41, 5.74) is 5.07. The van der Waals surface area contributed by atoms with E-state index in [4.69, 9.17) is 0 Å². The highest BCUT2D eigenvalue weighted by Crippen LogP contribution is 2.26. The van der Waals surface area contributed by atoms with Crippen molar-refractivity contribution in [2.24, 2.45) is 0 Å². The zero-order valence-electron chi connectivity index (χ0n) is 13.8. The molecule has 24 heavy (non-hydrogen) atoms. The molecule has 0 N–H and O–H groups in total. The van der Waals surface area contributed by atoms with Gasteiger partial charge in [-0.15, -0.1) is 0 Å². The van der Waals surface area contributed by atoms with Crippen molar-refractivity contribution in [1.82, 2.24) is 0 Å². The number of para-hydroxylation sites is 2. The quantitative estimate of drug-likeness (QED) is 0.349. The molecule has 1 nitrogen and oxygen atoms in total. The van der Waals surface area contributed by atoms with Crippen molar-refractivity contribution in [3.8, 4) is 0 Å². The molecule has 0 spiro atoms. The Morgan fingerprint density at radius 3 is 1.79 bits per heavy atom. The molecule has 0 aliphatic heterocycles. The molecular weight excluding hydrogens is 290 g/mol. The number of aryl methyl sites for hydroxylation is 1. The number of hydrogen-bond donors (Lipinski definition) is 0. The molecule has 0 atom stereocenters. The molecule has 0 aliphatic rings. The van der Waals surface area contributed by atoms with Crippen LogP contribution in [0, 0.1) is 0 Å². The van der Waals surface area contributed by atoms with Gasteiger partial charge in [0.25, 0.3) is 0 Å². The van der Waals surface area contributed by atoms with Crippen LogP contribution in [0.2, 0.25) is 0 Å². The minimum atomic E-state index is 0.962. The molecule has 1 heterocycles. The summed E-state index contributed by atoms with van der Waals surface area (Å²) in [6.07, 6.45) is 4.45. The van der Waals surface area contributed by atoms with Crippen LogP contribution >= 0.6 is 0 Å². The maximum absolute atomic E-state index is 2.39. The fraction of sp³-hybridized carbons (Fsp3) is 0.0870. The molecule has 0 fully saturated rings. The first kappa shape index (κ1) is 14.6. The van der Waals surface area contributed by atoms with Crippen molar-refractivity contribution < 1.29 is 4.57 Å². The lowest BCUT2D eigenvalue weighted by Gasteiger charge is -2.08. The molecule has 3 aromatic carbocycles. The van der Waals surface area contributed by atoms with Gasteiger partial charge in [0.2, 0.25) is 11.0 Å². The van der Waals surface area contributed by atoms with Crippen molar-refractivity contribution in [2.45, 2.75) is 13.5 Å². The average molecular weight is 310 g/mol. The minimum Gasteiger partial charge on any atom is -0.192 e. The van der Waals surface area contributed by atoms with Gasteiger partial charge in [-0.05, 0) is 24.6 Å². The first-order chi connectivity index (χ1) is 11.9. The zero-order valence-corrected chi connectivity index (χ0v) is 13.8. The van der Waals surface area contributed by atoms with Crippen LogP contribution in [0.15, 0.2) is 78.9 Å². The summed E-state index contributed by atoms with van der Waals surface area (Å²) in [6.45, 7) is 3.17. The minimum absolute atomic E-state index is 0.962. The third-order valence-corrected chi connectivity index (χ3v) is 4.53. The van der Waals surface area contributed by atoms with Gasteiger partial charge in [0.1, 0.15) is 6.54 Å². The van der Waals surface area contributed by atoms with Crippen LogP contribution in [-0.2, 0) is 6.54 Å². The summed E-state index contributed by atoms with van der Waals surface area (Å²) in [4.78, 5) is 0. The van der Waals surface area contributed by atoms with Gasteiger partial charge in [-0.1, -0.05) is 66.7 Å². The molecule has 0 amide bonds. The first-order valence-electron chi connectivity index (χ1n) is 8.45. The molecule has 0 unspecified atom stereocenters. The number of hydrogen-bond acceptors (Lipinski definition) is 0. The Labute approximate surface area is 142 Å². The second-order valence-corrected chi connectivity index (χ2v) is 5.94. The number of benzene rings is 3. The smallest absolute Gasteiger partial charge is 0.192 e.